The molecule has 130 valence electrons. The van der Waals surface area contributed by atoms with Gasteiger partial charge in [-0.05, 0) is 34.4 Å². The molecule has 2 N–H and O–H groups in total. The van der Waals surface area contributed by atoms with Gasteiger partial charge in [-0.25, -0.2) is 4.79 Å². The number of nitrogens with one attached hydrogen (secondary N) is 1. The monoisotopic (exact) mass is 476 g/mol. The second-order valence-electron chi connectivity index (χ2n) is 4.36. The second-order valence-corrected chi connectivity index (χ2v) is 6.55. The average Bonchev–Trinajstić information content (AvgIpc) is 2.90. The predicted octanol–water partition coefficient (Wildman–Crippen LogP) is 1.51. The Labute approximate surface area is 158 Å². The van der Waals surface area contributed by atoms with E-state index in [0.717, 1.165) is 30.1 Å². The first-order chi connectivity index (χ1) is 11.8. The molecule has 0 atom stereocenters. The molecule has 1 aromatic carbocycles. The van der Waals surface area contributed by atoms with Crippen LogP contribution in [0.1, 0.15) is 5.56 Å². The van der Waals surface area contributed by atoms with Gasteiger partial charge in [0.1, 0.15) is 5.75 Å². The maximum Gasteiger partial charge on any atom is 0.331 e. The van der Waals surface area contributed by atoms with Crippen LogP contribution in [0.15, 0.2) is 33.3 Å². The molecule has 1 saturated heterocycles. The van der Waals surface area contributed by atoms with Gasteiger partial charge in [0.25, 0.3) is 11.6 Å². The van der Waals surface area contributed by atoms with E-state index in [-0.39, 0.29) is 30.6 Å². The number of carbonyl (C=O) groups excluding carboxylic acids is 2. The summed E-state index contributed by atoms with van der Waals surface area (Å²) < 4.78 is 4.71. The van der Waals surface area contributed by atoms with Crippen LogP contribution in [0.2, 0.25) is 0 Å². The maximum atomic E-state index is 11.6. The fourth-order valence-corrected chi connectivity index (χ4v) is 2.96. The number of rotatable bonds is 4. The molecule has 2 rings (SSSR count). The molecule has 1 aromatic rings. The minimum absolute atomic E-state index is 0.0912. The maximum absolute atomic E-state index is 11.6. The smallest absolute Gasteiger partial charge is 0.331 e. The topological polar surface area (TPSA) is 143 Å². The summed E-state index contributed by atoms with van der Waals surface area (Å²) in [7, 11) is 1.18. The van der Waals surface area contributed by atoms with Crippen molar-refractivity contribution in [3.8, 4) is 5.75 Å². The third-order valence-corrected chi connectivity index (χ3v) is 4.46. The Bertz CT molecular complexity index is 851. The van der Waals surface area contributed by atoms with Crippen LogP contribution in [0, 0.1) is 13.7 Å². The quantitative estimate of drug-likeness (QED) is 0.168. The highest BCUT2D eigenvalue weighted by atomic mass is 127. The second kappa shape index (κ2) is 8.06. The minimum Gasteiger partial charge on any atom is -0.506 e. The van der Waals surface area contributed by atoms with E-state index in [1.165, 1.54) is 13.2 Å². The van der Waals surface area contributed by atoms with E-state index >= 15 is 0 Å². The van der Waals surface area contributed by atoms with Gasteiger partial charge in [0.05, 0.1) is 26.7 Å². The van der Waals surface area contributed by atoms with Gasteiger partial charge >= 0.3 is 5.97 Å². The fourth-order valence-electron chi connectivity index (χ4n) is 1.59. The van der Waals surface area contributed by atoms with Crippen LogP contribution in [0.3, 0.4) is 0 Å². The Morgan fingerprint density at radius 1 is 1.52 bits per heavy atom. The number of hydrogen-bond acceptors (Lipinski definition) is 9. The van der Waals surface area contributed by atoms with Gasteiger partial charge in [0, 0.05) is 23.8 Å². The molecular weight excluding hydrogens is 467 g/mol. The summed E-state index contributed by atoms with van der Waals surface area (Å²) in [4.78, 5) is 33.1. The van der Waals surface area contributed by atoms with E-state index in [9.17, 15) is 24.8 Å². The third-order valence-electron chi connectivity index (χ3n) is 2.73. The zero-order chi connectivity index (χ0) is 18.6. The van der Waals surface area contributed by atoms with Crippen molar-refractivity contribution in [1.29, 1.82) is 0 Å². The first-order valence-electron chi connectivity index (χ1n) is 6.38. The molecule has 1 aliphatic rings. The first-order valence-corrected chi connectivity index (χ1v) is 8.28. The van der Waals surface area contributed by atoms with Gasteiger partial charge in [0.15, 0.2) is 5.17 Å². The zero-order valence-electron chi connectivity index (χ0n) is 12.4. The van der Waals surface area contributed by atoms with Crippen molar-refractivity contribution in [2.24, 2.45) is 10.2 Å². The van der Waals surface area contributed by atoms with Gasteiger partial charge in [-0.1, -0.05) is 0 Å². The van der Waals surface area contributed by atoms with Crippen LogP contribution in [0.25, 0.3) is 0 Å². The average molecular weight is 476 g/mol. The summed E-state index contributed by atoms with van der Waals surface area (Å²) in [6, 6.07) is 2.36. The molecule has 1 aliphatic heterocycles. The van der Waals surface area contributed by atoms with Gasteiger partial charge in [-0.15, -0.1) is 5.10 Å². The number of hydrogen-bond donors (Lipinski definition) is 2. The number of amidine groups is 1. The molecule has 10 nitrogen and oxygen atoms in total. The highest BCUT2D eigenvalue weighted by molar-refractivity contribution is 14.1. The number of halogens is 1. The number of nitro groups is 1. The van der Waals surface area contributed by atoms with Crippen LogP contribution in [0.5, 0.6) is 5.75 Å². The number of phenols is 1. The number of methoxy groups -OCH3 is 1. The van der Waals surface area contributed by atoms with E-state index < -0.39 is 16.8 Å². The Morgan fingerprint density at radius 3 is 2.88 bits per heavy atom. The summed E-state index contributed by atoms with van der Waals surface area (Å²) in [5.74, 6) is -1.39. The number of amides is 1. The van der Waals surface area contributed by atoms with Crippen molar-refractivity contribution >= 4 is 63.3 Å². The number of nitro benzene ring substituents is 1. The van der Waals surface area contributed by atoms with Crippen LogP contribution < -0.4 is 5.32 Å². The number of esters is 1. The van der Waals surface area contributed by atoms with E-state index in [0.29, 0.717) is 0 Å². The highest BCUT2D eigenvalue weighted by Gasteiger charge is 2.25. The summed E-state index contributed by atoms with van der Waals surface area (Å²) in [5.41, 5.74) is -0.106. The molecule has 0 saturated carbocycles. The molecular formula is C13H9IN4O6S. The van der Waals surface area contributed by atoms with Crippen molar-refractivity contribution in [3.63, 3.8) is 0 Å². The fraction of sp³-hybridized carbons (Fsp3) is 0.0769. The number of nitrogens with zero attached hydrogens (tertiary/aromatic N) is 3. The lowest BCUT2D eigenvalue weighted by Gasteiger charge is -2.01. The van der Waals surface area contributed by atoms with Crippen LogP contribution >= 0.6 is 34.4 Å². The lowest BCUT2D eigenvalue weighted by Crippen LogP contribution is -2.19. The zero-order valence-corrected chi connectivity index (χ0v) is 15.4. The van der Waals surface area contributed by atoms with E-state index in [2.05, 4.69) is 20.3 Å². The minimum atomic E-state index is -0.682. The number of carbonyl (C=O) groups is 2. The molecule has 1 fully saturated rings. The van der Waals surface area contributed by atoms with Crippen LogP contribution in [0.4, 0.5) is 5.69 Å². The number of ether oxygens (including phenoxy) is 1. The van der Waals surface area contributed by atoms with Crippen molar-refractivity contribution in [2.75, 3.05) is 7.11 Å². The van der Waals surface area contributed by atoms with Gasteiger partial charge in [0.2, 0.25) is 0 Å². The predicted molar refractivity (Wildman–Crippen MR) is 98.3 cm³/mol. The Hall–Kier alpha value is -2.48. The largest absolute Gasteiger partial charge is 0.506 e. The molecule has 0 radical (unpaired) electrons. The number of aromatic hydroxyl groups is 1. The molecule has 12 heteroatoms. The first kappa shape index (κ1) is 18.9. The molecule has 0 unspecified atom stereocenters. The lowest BCUT2D eigenvalue weighted by molar-refractivity contribution is -0.385. The summed E-state index contributed by atoms with van der Waals surface area (Å²) in [6.07, 6.45) is 2.13. The van der Waals surface area contributed by atoms with E-state index in [1.807, 2.05) is 0 Å². The Morgan fingerprint density at radius 2 is 2.24 bits per heavy atom. The molecule has 0 aromatic heterocycles. The van der Waals surface area contributed by atoms with Gasteiger partial charge in [-0.3, -0.25) is 20.2 Å². The number of benzene rings is 1. The van der Waals surface area contributed by atoms with E-state index in [4.69, 9.17) is 0 Å². The summed E-state index contributed by atoms with van der Waals surface area (Å²) in [5, 5.41) is 30.7. The van der Waals surface area contributed by atoms with Gasteiger partial charge in [-0.2, -0.15) is 5.10 Å². The SMILES string of the molecule is COC(=O)/C=C1/S/C(=N\N=Cc2cc([N+](=O)[O-])cc(I)c2O)NC1=O. The molecule has 0 spiro atoms. The Kier molecular flexibility index (Phi) is 6.08. The van der Waals surface area contributed by atoms with Crippen molar-refractivity contribution in [3.05, 3.63) is 42.4 Å². The number of thioether (sulfide) groups is 1. The van der Waals surface area contributed by atoms with Crippen LogP contribution in [-0.2, 0) is 14.3 Å². The Balaban J connectivity index is 2.20. The summed E-state index contributed by atoms with van der Waals surface area (Å²) >= 11 is 2.63. The molecule has 1 heterocycles. The number of phenolic OH excluding ortho intramolecular Hbond substituents is 1. The van der Waals surface area contributed by atoms with Crippen LogP contribution in [-0.4, -0.2) is 40.4 Å². The lowest BCUT2D eigenvalue weighted by atomic mass is 10.2. The van der Waals surface area contributed by atoms with Gasteiger partial charge < -0.3 is 9.84 Å². The molecule has 0 aliphatic carbocycles. The van der Waals surface area contributed by atoms with Crippen molar-refractivity contribution in [2.45, 2.75) is 0 Å². The molecule has 25 heavy (non-hydrogen) atoms. The highest BCUT2D eigenvalue weighted by Crippen LogP contribution is 2.28. The molecule has 0 bridgehead atoms. The standard InChI is InChI=1S/C13H9IN4O6S/c1-24-10(19)4-9-12(21)16-13(25-9)17-15-5-6-2-7(18(22)23)3-8(14)11(6)20/h2-5,20H,1H3,(H,16,17,21)/b9-4+,15-5?. The third kappa shape index (κ3) is 4.76. The van der Waals surface area contributed by atoms with Crippen molar-refractivity contribution in [1.82, 2.24) is 5.32 Å². The normalized spacial score (nSPS) is 17.3. The van der Waals surface area contributed by atoms with Crippen molar-refractivity contribution < 1.29 is 24.4 Å². The summed E-state index contributed by atoms with van der Waals surface area (Å²) in [6.45, 7) is 0. The number of non-ortho nitro benzene ring substituents is 1. The molecule has 1 amide bonds. The van der Waals surface area contributed by atoms with E-state index in [1.54, 1.807) is 22.6 Å².